The summed E-state index contributed by atoms with van der Waals surface area (Å²) in [5.41, 5.74) is 7.54. The Morgan fingerprint density at radius 1 is 1.60 bits per heavy atom. The van der Waals surface area contributed by atoms with Crippen molar-refractivity contribution in [3.8, 4) is 0 Å². The molecular formula is C12H19NOS. The van der Waals surface area contributed by atoms with Gasteiger partial charge < -0.3 is 10.5 Å². The topological polar surface area (TPSA) is 35.2 Å². The fourth-order valence-corrected chi connectivity index (χ4v) is 2.81. The molecule has 1 aromatic heterocycles. The van der Waals surface area contributed by atoms with E-state index in [1.165, 1.54) is 5.56 Å². The van der Waals surface area contributed by atoms with Crippen LogP contribution in [-0.4, -0.2) is 18.2 Å². The van der Waals surface area contributed by atoms with E-state index in [1.807, 2.05) is 0 Å². The number of rotatable bonds is 4. The lowest BCUT2D eigenvalue weighted by molar-refractivity contribution is 0.0388. The fraction of sp³-hybridized carbons (Fsp3) is 0.667. The van der Waals surface area contributed by atoms with Crippen molar-refractivity contribution in [2.24, 2.45) is 5.73 Å². The molecule has 2 heterocycles. The quantitative estimate of drug-likeness (QED) is 0.854. The highest BCUT2D eigenvalue weighted by molar-refractivity contribution is 7.07. The molecule has 3 unspecified atom stereocenters. The molecule has 0 spiro atoms. The van der Waals surface area contributed by atoms with Gasteiger partial charge in [0.2, 0.25) is 0 Å². The van der Waals surface area contributed by atoms with Gasteiger partial charge in [-0.05, 0) is 55.0 Å². The average Bonchev–Trinajstić information content (AvgIpc) is 2.84. The molecule has 84 valence electrons. The monoisotopic (exact) mass is 225 g/mol. The third kappa shape index (κ3) is 3.03. The molecule has 15 heavy (non-hydrogen) atoms. The maximum absolute atomic E-state index is 6.14. The van der Waals surface area contributed by atoms with Gasteiger partial charge in [-0.2, -0.15) is 11.3 Å². The molecule has 0 radical (unpaired) electrons. The van der Waals surface area contributed by atoms with Crippen LogP contribution in [-0.2, 0) is 11.2 Å². The Balaban J connectivity index is 1.75. The highest BCUT2D eigenvalue weighted by Crippen LogP contribution is 2.23. The molecule has 1 saturated heterocycles. The largest absolute Gasteiger partial charge is 0.374 e. The number of aryl methyl sites for hydroxylation is 1. The lowest BCUT2D eigenvalue weighted by Gasteiger charge is -2.19. The highest BCUT2D eigenvalue weighted by atomic mass is 32.1. The molecular weight excluding hydrogens is 206 g/mol. The van der Waals surface area contributed by atoms with Crippen LogP contribution < -0.4 is 5.73 Å². The molecule has 3 atom stereocenters. The zero-order chi connectivity index (χ0) is 10.7. The number of thiophene rings is 1. The van der Waals surface area contributed by atoms with Crippen LogP contribution in [0.25, 0.3) is 0 Å². The Kier molecular flexibility index (Phi) is 3.78. The molecule has 2 rings (SSSR count). The minimum atomic E-state index is 0.204. The van der Waals surface area contributed by atoms with E-state index in [2.05, 4.69) is 23.8 Å². The van der Waals surface area contributed by atoms with Gasteiger partial charge in [0.15, 0.2) is 0 Å². The van der Waals surface area contributed by atoms with Crippen LogP contribution in [0.2, 0.25) is 0 Å². The number of hydrogen-bond acceptors (Lipinski definition) is 3. The predicted molar refractivity (Wildman–Crippen MR) is 64.2 cm³/mol. The maximum Gasteiger partial charge on any atom is 0.0730 e. The Morgan fingerprint density at radius 3 is 3.07 bits per heavy atom. The second-order valence-corrected chi connectivity index (χ2v) is 5.18. The third-order valence-corrected chi connectivity index (χ3v) is 3.82. The van der Waals surface area contributed by atoms with Crippen molar-refractivity contribution < 1.29 is 4.74 Å². The van der Waals surface area contributed by atoms with Gasteiger partial charge in [-0.3, -0.25) is 0 Å². The van der Waals surface area contributed by atoms with E-state index in [0.717, 1.165) is 25.7 Å². The second kappa shape index (κ2) is 5.10. The van der Waals surface area contributed by atoms with Crippen LogP contribution in [0.3, 0.4) is 0 Å². The van der Waals surface area contributed by atoms with Gasteiger partial charge in [0, 0.05) is 6.04 Å². The second-order valence-electron chi connectivity index (χ2n) is 4.40. The zero-order valence-corrected chi connectivity index (χ0v) is 10.0. The summed E-state index contributed by atoms with van der Waals surface area (Å²) in [5, 5.41) is 4.32. The third-order valence-electron chi connectivity index (χ3n) is 3.09. The first kappa shape index (κ1) is 11.1. The van der Waals surface area contributed by atoms with Gasteiger partial charge in [0.1, 0.15) is 0 Å². The first-order valence-electron chi connectivity index (χ1n) is 5.68. The standard InChI is InChI=1S/C12H19NOS/c1-9-2-5-12(14-9)11(13)4-3-10-6-7-15-8-10/h6-9,11-12H,2-5,13H2,1H3. The summed E-state index contributed by atoms with van der Waals surface area (Å²) in [6, 6.07) is 2.38. The van der Waals surface area contributed by atoms with Crippen LogP contribution in [0.4, 0.5) is 0 Å². The first-order chi connectivity index (χ1) is 7.25. The molecule has 2 N–H and O–H groups in total. The van der Waals surface area contributed by atoms with Crippen molar-refractivity contribution in [1.82, 2.24) is 0 Å². The van der Waals surface area contributed by atoms with Crippen LogP contribution in [0.1, 0.15) is 31.7 Å². The van der Waals surface area contributed by atoms with E-state index in [9.17, 15) is 0 Å². The Bertz CT molecular complexity index is 286. The molecule has 0 aromatic carbocycles. The van der Waals surface area contributed by atoms with Gasteiger partial charge in [-0.15, -0.1) is 0 Å². The molecule has 3 heteroatoms. The molecule has 0 aliphatic carbocycles. The van der Waals surface area contributed by atoms with E-state index >= 15 is 0 Å². The van der Waals surface area contributed by atoms with Gasteiger partial charge in [0.05, 0.1) is 12.2 Å². The fourth-order valence-electron chi connectivity index (χ4n) is 2.10. The minimum Gasteiger partial charge on any atom is -0.374 e. The maximum atomic E-state index is 6.14. The van der Waals surface area contributed by atoms with Gasteiger partial charge in [-0.1, -0.05) is 0 Å². The van der Waals surface area contributed by atoms with E-state index in [1.54, 1.807) is 11.3 Å². The number of ether oxygens (including phenoxy) is 1. The van der Waals surface area contributed by atoms with Crippen molar-refractivity contribution in [3.05, 3.63) is 22.4 Å². The molecule has 1 aromatic rings. The Labute approximate surface area is 95.4 Å². The van der Waals surface area contributed by atoms with Crippen molar-refractivity contribution in [2.45, 2.75) is 50.9 Å². The van der Waals surface area contributed by atoms with Crippen LogP contribution >= 0.6 is 11.3 Å². The molecule has 1 aliphatic rings. The van der Waals surface area contributed by atoms with Crippen molar-refractivity contribution in [3.63, 3.8) is 0 Å². The zero-order valence-electron chi connectivity index (χ0n) is 9.19. The average molecular weight is 225 g/mol. The lowest BCUT2D eigenvalue weighted by atomic mass is 10.0. The molecule has 0 amide bonds. The highest BCUT2D eigenvalue weighted by Gasteiger charge is 2.26. The van der Waals surface area contributed by atoms with E-state index in [4.69, 9.17) is 10.5 Å². The van der Waals surface area contributed by atoms with Gasteiger partial charge in [0.25, 0.3) is 0 Å². The Morgan fingerprint density at radius 2 is 2.47 bits per heavy atom. The minimum absolute atomic E-state index is 0.204. The Hall–Kier alpha value is -0.380. The van der Waals surface area contributed by atoms with Crippen LogP contribution in [0.15, 0.2) is 16.8 Å². The van der Waals surface area contributed by atoms with Crippen molar-refractivity contribution in [2.75, 3.05) is 0 Å². The van der Waals surface area contributed by atoms with E-state index in [0.29, 0.717) is 12.2 Å². The smallest absolute Gasteiger partial charge is 0.0730 e. The van der Waals surface area contributed by atoms with Crippen LogP contribution in [0, 0.1) is 0 Å². The summed E-state index contributed by atoms with van der Waals surface area (Å²) < 4.78 is 5.77. The lowest BCUT2D eigenvalue weighted by Crippen LogP contribution is -2.35. The SMILES string of the molecule is CC1CCC(C(N)CCc2ccsc2)O1. The van der Waals surface area contributed by atoms with Crippen molar-refractivity contribution >= 4 is 11.3 Å². The first-order valence-corrected chi connectivity index (χ1v) is 6.62. The predicted octanol–water partition coefficient (Wildman–Crippen LogP) is 2.58. The van der Waals surface area contributed by atoms with Crippen LogP contribution in [0.5, 0.6) is 0 Å². The molecule has 0 saturated carbocycles. The van der Waals surface area contributed by atoms with Gasteiger partial charge in [-0.25, -0.2) is 0 Å². The van der Waals surface area contributed by atoms with Gasteiger partial charge >= 0.3 is 0 Å². The number of nitrogens with two attached hydrogens (primary N) is 1. The summed E-state index contributed by atoms with van der Waals surface area (Å²) in [7, 11) is 0. The molecule has 2 nitrogen and oxygen atoms in total. The van der Waals surface area contributed by atoms with E-state index < -0.39 is 0 Å². The molecule has 1 fully saturated rings. The number of hydrogen-bond donors (Lipinski definition) is 1. The summed E-state index contributed by atoms with van der Waals surface area (Å²) >= 11 is 1.75. The summed E-state index contributed by atoms with van der Waals surface area (Å²) in [6.07, 6.45) is 5.11. The summed E-state index contributed by atoms with van der Waals surface area (Å²) in [5.74, 6) is 0. The summed E-state index contributed by atoms with van der Waals surface area (Å²) in [4.78, 5) is 0. The summed E-state index contributed by atoms with van der Waals surface area (Å²) in [6.45, 7) is 2.13. The van der Waals surface area contributed by atoms with E-state index in [-0.39, 0.29) is 6.04 Å². The van der Waals surface area contributed by atoms with Crippen molar-refractivity contribution in [1.29, 1.82) is 0 Å². The normalized spacial score (nSPS) is 28.1. The molecule has 1 aliphatic heterocycles. The molecule has 0 bridgehead atoms.